The second kappa shape index (κ2) is 5.63. The van der Waals surface area contributed by atoms with Gasteiger partial charge in [0.15, 0.2) is 0 Å². The van der Waals surface area contributed by atoms with Crippen molar-refractivity contribution in [2.45, 2.75) is 6.73 Å². The predicted molar refractivity (Wildman–Crippen MR) is 83.6 cm³/mol. The molecule has 0 atom stereocenters. The monoisotopic (exact) mass is 330 g/mol. The van der Waals surface area contributed by atoms with Crippen LogP contribution in [0.4, 0.5) is 0 Å². The highest BCUT2D eigenvalue weighted by atomic mass is 79.9. The van der Waals surface area contributed by atoms with Crippen LogP contribution < -0.4 is 0 Å². The van der Waals surface area contributed by atoms with E-state index in [-0.39, 0.29) is 0 Å². The van der Waals surface area contributed by atoms with Gasteiger partial charge in [0.1, 0.15) is 12.4 Å². The van der Waals surface area contributed by atoms with Gasteiger partial charge in [-0.05, 0) is 46.8 Å². The van der Waals surface area contributed by atoms with Crippen molar-refractivity contribution in [2.75, 3.05) is 31.1 Å². The van der Waals surface area contributed by atoms with E-state index in [1.807, 2.05) is 17.0 Å². The van der Waals surface area contributed by atoms with E-state index in [0.717, 1.165) is 27.9 Å². The van der Waals surface area contributed by atoms with Crippen LogP contribution in [-0.2, 0) is 11.5 Å². The molecule has 18 heavy (non-hydrogen) atoms. The Labute approximate surface area is 118 Å². The second-order valence-electron chi connectivity index (χ2n) is 5.18. The van der Waals surface area contributed by atoms with Crippen LogP contribution in [0.5, 0.6) is 0 Å². The SMILES string of the molecule is CS(C)(C)CCOCn1ccc2cc(Br)cnc21. The molecule has 0 unspecified atom stereocenters. The van der Waals surface area contributed by atoms with Crippen LogP contribution in [0.2, 0.25) is 0 Å². The molecule has 0 aromatic carbocycles. The molecule has 0 saturated heterocycles. The van der Waals surface area contributed by atoms with Crippen molar-refractivity contribution in [1.29, 1.82) is 0 Å². The fraction of sp³-hybridized carbons (Fsp3) is 0.462. The van der Waals surface area contributed by atoms with E-state index in [2.05, 4.69) is 51.8 Å². The van der Waals surface area contributed by atoms with Crippen molar-refractivity contribution in [3.8, 4) is 0 Å². The largest absolute Gasteiger partial charge is 0.360 e. The van der Waals surface area contributed by atoms with Crippen molar-refractivity contribution in [1.82, 2.24) is 9.55 Å². The zero-order valence-corrected chi connectivity index (χ0v) is 13.4. The number of ether oxygens (including phenoxy) is 1. The first-order chi connectivity index (χ1) is 8.46. The third-order valence-electron chi connectivity index (χ3n) is 2.64. The summed E-state index contributed by atoms with van der Waals surface area (Å²) in [5.74, 6) is 1.14. The summed E-state index contributed by atoms with van der Waals surface area (Å²) in [5, 5.41) is 1.13. The van der Waals surface area contributed by atoms with Crippen molar-refractivity contribution in [3.05, 3.63) is 29.0 Å². The molecule has 0 bridgehead atoms. The molecule has 0 saturated carbocycles. The van der Waals surface area contributed by atoms with Crippen molar-refractivity contribution >= 4 is 37.0 Å². The molecule has 2 heterocycles. The minimum absolute atomic E-state index is 0.469. The quantitative estimate of drug-likeness (QED) is 0.785. The summed E-state index contributed by atoms with van der Waals surface area (Å²) in [5.41, 5.74) is 0.973. The first kappa shape index (κ1) is 13.9. The van der Waals surface area contributed by atoms with Gasteiger partial charge in [-0.15, -0.1) is 0 Å². The number of hydrogen-bond donors (Lipinski definition) is 0. The standard InChI is InChI=1S/C13H19BrN2OS/c1-18(2,3)7-6-17-10-16-5-4-11-8-12(14)9-15-13(11)16/h4-5,8-9H,6-7,10H2,1-3H3. The van der Waals surface area contributed by atoms with Crippen LogP contribution in [0.3, 0.4) is 0 Å². The molecular weight excluding hydrogens is 312 g/mol. The lowest BCUT2D eigenvalue weighted by Crippen LogP contribution is -2.09. The van der Waals surface area contributed by atoms with Crippen LogP contribution in [0.25, 0.3) is 11.0 Å². The maximum Gasteiger partial charge on any atom is 0.141 e. The highest BCUT2D eigenvalue weighted by Gasteiger charge is 2.05. The van der Waals surface area contributed by atoms with E-state index >= 15 is 0 Å². The average molecular weight is 331 g/mol. The van der Waals surface area contributed by atoms with Gasteiger partial charge in [0.2, 0.25) is 0 Å². The average Bonchev–Trinajstić information content (AvgIpc) is 2.65. The molecule has 0 fully saturated rings. The number of rotatable bonds is 5. The maximum atomic E-state index is 5.72. The van der Waals surface area contributed by atoms with Gasteiger partial charge in [-0.25, -0.2) is 15.0 Å². The molecule has 2 rings (SSSR count). The van der Waals surface area contributed by atoms with Crippen LogP contribution in [0.1, 0.15) is 0 Å². The molecule has 0 N–H and O–H groups in total. The molecule has 5 heteroatoms. The first-order valence-corrected chi connectivity index (χ1v) is 9.62. The molecule has 0 aliphatic carbocycles. The van der Waals surface area contributed by atoms with Gasteiger partial charge in [-0.3, -0.25) is 0 Å². The smallest absolute Gasteiger partial charge is 0.141 e. The van der Waals surface area contributed by atoms with E-state index in [1.165, 1.54) is 0 Å². The molecule has 0 aliphatic heterocycles. The minimum Gasteiger partial charge on any atom is -0.360 e. The Morgan fingerprint density at radius 1 is 1.39 bits per heavy atom. The molecule has 2 aromatic heterocycles. The Hall–Kier alpha value is -0.520. The fourth-order valence-corrected chi connectivity index (χ4v) is 2.59. The topological polar surface area (TPSA) is 27.1 Å². The lowest BCUT2D eigenvalue weighted by Gasteiger charge is -2.24. The first-order valence-electron chi connectivity index (χ1n) is 5.80. The van der Waals surface area contributed by atoms with E-state index in [0.29, 0.717) is 6.73 Å². The van der Waals surface area contributed by atoms with Gasteiger partial charge in [-0.2, -0.15) is 0 Å². The highest BCUT2D eigenvalue weighted by molar-refractivity contribution is 9.10. The predicted octanol–water partition coefficient (Wildman–Crippen LogP) is 3.47. The number of nitrogens with zero attached hydrogens (tertiary/aromatic N) is 2. The number of fused-ring (bicyclic) bond motifs is 1. The van der Waals surface area contributed by atoms with E-state index in [4.69, 9.17) is 4.74 Å². The van der Waals surface area contributed by atoms with Gasteiger partial charge in [0.25, 0.3) is 0 Å². The molecule has 3 nitrogen and oxygen atoms in total. The van der Waals surface area contributed by atoms with Crippen molar-refractivity contribution < 1.29 is 4.74 Å². The maximum absolute atomic E-state index is 5.72. The van der Waals surface area contributed by atoms with Crippen molar-refractivity contribution in [2.24, 2.45) is 0 Å². The summed E-state index contributed by atoms with van der Waals surface area (Å²) in [4.78, 5) is 4.41. The molecule has 100 valence electrons. The molecule has 0 radical (unpaired) electrons. The summed E-state index contributed by atoms with van der Waals surface area (Å²) >= 11 is 3.43. The zero-order valence-electron chi connectivity index (χ0n) is 11.0. The molecule has 2 aromatic rings. The third-order valence-corrected chi connectivity index (χ3v) is 4.46. The summed E-state index contributed by atoms with van der Waals surface area (Å²) in [6, 6.07) is 4.13. The molecular formula is C13H19BrN2OS. The minimum atomic E-state index is -0.469. The highest BCUT2D eigenvalue weighted by Crippen LogP contribution is 2.33. The Morgan fingerprint density at radius 3 is 2.89 bits per heavy atom. The third kappa shape index (κ3) is 3.73. The summed E-state index contributed by atoms with van der Waals surface area (Å²) in [6.45, 7) is 1.39. The Morgan fingerprint density at radius 2 is 2.17 bits per heavy atom. The second-order valence-corrected chi connectivity index (χ2v) is 10.7. The lowest BCUT2D eigenvalue weighted by molar-refractivity contribution is 0.0924. The normalized spacial score (nSPS) is 13.1. The number of aromatic nitrogens is 2. The lowest BCUT2D eigenvalue weighted by atomic mass is 10.3. The van der Waals surface area contributed by atoms with Crippen LogP contribution in [0.15, 0.2) is 29.0 Å². The van der Waals surface area contributed by atoms with E-state index in [1.54, 1.807) is 0 Å². The molecule has 0 amide bonds. The summed E-state index contributed by atoms with van der Waals surface area (Å²) < 4.78 is 8.77. The van der Waals surface area contributed by atoms with Gasteiger partial charge >= 0.3 is 0 Å². The Bertz CT molecular complexity index is 533. The van der Waals surface area contributed by atoms with Gasteiger partial charge in [0, 0.05) is 28.0 Å². The fourth-order valence-electron chi connectivity index (χ4n) is 1.63. The number of pyridine rings is 1. The Kier molecular flexibility index (Phi) is 4.35. The van der Waals surface area contributed by atoms with Crippen LogP contribution >= 0.6 is 26.0 Å². The summed E-state index contributed by atoms with van der Waals surface area (Å²) in [7, 11) is -0.469. The van der Waals surface area contributed by atoms with Gasteiger partial charge in [0.05, 0.1) is 6.61 Å². The van der Waals surface area contributed by atoms with Crippen LogP contribution in [0, 0.1) is 0 Å². The zero-order chi connectivity index (χ0) is 13.2. The molecule has 0 spiro atoms. The van der Waals surface area contributed by atoms with Gasteiger partial charge < -0.3 is 9.30 Å². The number of hydrogen-bond acceptors (Lipinski definition) is 2. The molecule has 0 aliphatic rings. The van der Waals surface area contributed by atoms with Gasteiger partial charge in [-0.1, -0.05) is 0 Å². The summed E-state index contributed by atoms with van der Waals surface area (Å²) in [6.07, 6.45) is 10.8. The van der Waals surface area contributed by atoms with E-state index < -0.39 is 10.0 Å². The van der Waals surface area contributed by atoms with Crippen LogP contribution in [-0.4, -0.2) is 40.7 Å². The van der Waals surface area contributed by atoms with E-state index in [9.17, 15) is 0 Å². The van der Waals surface area contributed by atoms with Crippen molar-refractivity contribution in [3.63, 3.8) is 0 Å². The number of halogens is 1. The Balaban J connectivity index is 1.96.